The third-order valence-corrected chi connectivity index (χ3v) is 3.26. The molecule has 4 heteroatoms. The number of benzene rings is 1. The first kappa shape index (κ1) is 14.6. The lowest BCUT2D eigenvalue weighted by Crippen LogP contribution is -2.13. The Kier molecular flexibility index (Phi) is 5.65. The third-order valence-electron chi connectivity index (χ3n) is 3.04. The van der Waals surface area contributed by atoms with Crippen LogP contribution >= 0.6 is 12.2 Å². The Bertz CT molecular complexity index is 557. The highest BCUT2D eigenvalue weighted by Gasteiger charge is 2.03. The zero-order valence-electron chi connectivity index (χ0n) is 11.3. The van der Waals surface area contributed by atoms with Crippen molar-refractivity contribution in [2.24, 2.45) is 5.73 Å². The second kappa shape index (κ2) is 7.72. The maximum Gasteiger partial charge on any atom is 0.104 e. The Morgan fingerprint density at radius 3 is 2.65 bits per heavy atom. The van der Waals surface area contributed by atoms with Gasteiger partial charge in [-0.3, -0.25) is 4.98 Å². The fourth-order valence-corrected chi connectivity index (χ4v) is 2.20. The Morgan fingerprint density at radius 1 is 1.15 bits per heavy atom. The van der Waals surface area contributed by atoms with Gasteiger partial charge in [-0.05, 0) is 36.1 Å². The number of nitrogens with two attached hydrogens (primary N) is 1. The summed E-state index contributed by atoms with van der Waals surface area (Å²) in [4.78, 5) is 4.42. The monoisotopic (exact) mass is 286 g/mol. The molecule has 0 amide bonds. The Morgan fingerprint density at radius 2 is 1.90 bits per heavy atom. The van der Waals surface area contributed by atoms with Gasteiger partial charge in [0.15, 0.2) is 0 Å². The molecule has 1 aromatic carbocycles. The highest BCUT2D eigenvalue weighted by atomic mass is 32.1. The molecule has 0 atom stereocenters. The molecule has 2 rings (SSSR count). The molecule has 2 aromatic rings. The van der Waals surface area contributed by atoms with Gasteiger partial charge in [0.05, 0.1) is 6.61 Å². The summed E-state index contributed by atoms with van der Waals surface area (Å²) >= 11 is 5.03. The molecule has 0 radical (unpaired) electrons. The van der Waals surface area contributed by atoms with Gasteiger partial charge >= 0.3 is 0 Å². The Labute approximate surface area is 124 Å². The molecule has 3 nitrogen and oxygen atoms in total. The van der Waals surface area contributed by atoms with Gasteiger partial charge < -0.3 is 10.5 Å². The minimum atomic E-state index is 0.418. The fourth-order valence-electron chi connectivity index (χ4n) is 2.00. The number of aryl methyl sites for hydroxylation is 1. The molecule has 0 bridgehead atoms. The molecule has 0 saturated heterocycles. The molecule has 0 saturated carbocycles. The van der Waals surface area contributed by atoms with Crippen LogP contribution in [-0.2, 0) is 17.8 Å². The zero-order chi connectivity index (χ0) is 14.2. The fraction of sp³-hybridized carbons (Fsp3) is 0.250. The van der Waals surface area contributed by atoms with Gasteiger partial charge in [0, 0.05) is 24.6 Å². The molecule has 104 valence electrons. The summed E-state index contributed by atoms with van der Waals surface area (Å²) < 4.78 is 5.70. The number of hydrogen-bond acceptors (Lipinski definition) is 3. The number of nitrogens with zero attached hydrogens (tertiary/aromatic N) is 1. The minimum absolute atomic E-state index is 0.418. The van der Waals surface area contributed by atoms with Gasteiger partial charge in [0.2, 0.25) is 0 Å². The van der Waals surface area contributed by atoms with Crippen LogP contribution in [0.5, 0.6) is 0 Å². The lowest BCUT2D eigenvalue weighted by molar-refractivity contribution is 0.118. The van der Waals surface area contributed by atoms with E-state index in [2.05, 4.69) is 4.98 Å². The summed E-state index contributed by atoms with van der Waals surface area (Å²) in [5, 5.41) is 0. The number of ether oxygens (including phenoxy) is 1. The van der Waals surface area contributed by atoms with Crippen LogP contribution < -0.4 is 5.73 Å². The van der Waals surface area contributed by atoms with E-state index in [1.807, 2.05) is 48.8 Å². The second-order valence-electron chi connectivity index (χ2n) is 4.53. The van der Waals surface area contributed by atoms with Gasteiger partial charge in [-0.2, -0.15) is 0 Å². The summed E-state index contributed by atoms with van der Waals surface area (Å²) in [6.07, 6.45) is 5.61. The van der Waals surface area contributed by atoms with Crippen LogP contribution in [0.25, 0.3) is 0 Å². The molecule has 0 aliphatic rings. The van der Waals surface area contributed by atoms with Crippen LogP contribution in [-0.4, -0.2) is 16.6 Å². The van der Waals surface area contributed by atoms with Crippen molar-refractivity contribution in [3.8, 4) is 0 Å². The Balaban J connectivity index is 1.75. The molecular formula is C16H18N2OS. The van der Waals surface area contributed by atoms with Crippen LogP contribution in [0.15, 0.2) is 48.8 Å². The van der Waals surface area contributed by atoms with E-state index in [4.69, 9.17) is 22.7 Å². The van der Waals surface area contributed by atoms with Gasteiger partial charge in [-0.15, -0.1) is 0 Å². The highest BCUT2D eigenvalue weighted by Crippen LogP contribution is 2.10. The molecule has 20 heavy (non-hydrogen) atoms. The lowest BCUT2D eigenvalue weighted by atomic mass is 10.1. The smallest absolute Gasteiger partial charge is 0.104 e. The molecule has 2 N–H and O–H groups in total. The topological polar surface area (TPSA) is 48.1 Å². The zero-order valence-corrected chi connectivity index (χ0v) is 12.1. The van der Waals surface area contributed by atoms with Crippen molar-refractivity contribution in [1.29, 1.82) is 0 Å². The van der Waals surface area contributed by atoms with Crippen LogP contribution in [0.3, 0.4) is 0 Å². The van der Waals surface area contributed by atoms with Crippen molar-refractivity contribution in [1.82, 2.24) is 4.98 Å². The van der Waals surface area contributed by atoms with Crippen molar-refractivity contribution >= 4 is 17.2 Å². The molecule has 0 unspecified atom stereocenters. The van der Waals surface area contributed by atoms with Crippen LogP contribution in [0.1, 0.15) is 23.1 Å². The van der Waals surface area contributed by atoms with Gasteiger partial charge in [0.25, 0.3) is 0 Å². The second-order valence-corrected chi connectivity index (χ2v) is 4.97. The molecule has 0 aliphatic heterocycles. The quantitative estimate of drug-likeness (QED) is 0.628. The summed E-state index contributed by atoms with van der Waals surface area (Å²) in [6, 6.07) is 11.9. The maximum atomic E-state index is 5.70. The van der Waals surface area contributed by atoms with E-state index in [1.165, 1.54) is 5.56 Å². The van der Waals surface area contributed by atoms with Crippen molar-refractivity contribution in [3.05, 3.63) is 65.5 Å². The van der Waals surface area contributed by atoms with Crippen LogP contribution in [0, 0.1) is 0 Å². The van der Waals surface area contributed by atoms with Crippen LogP contribution in [0.4, 0.5) is 0 Å². The Hall–Kier alpha value is -1.78. The minimum Gasteiger partial charge on any atom is -0.389 e. The van der Waals surface area contributed by atoms with Crippen molar-refractivity contribution in [2.75, 3.05) is 6.61 Å². The van der Waals surface area contributed by atoms with E-state index in [9.17, 15) is 0 Å². The molecule has 1 aromatic heterocycles. The largest absolute Gasteiger partial charge is 0.389 e. The summed E-state index contributed by atoms with van der Waals surface area (Å²) in [6.45, 7) is 1.26. The molecule has 0 spiro atoms. The molecule has 0 aliphatic carbocycles. The first-order valence-corrected chi connectivity index (χ1v) is 7.02. The number of hydrogen-bond donors (Lipinski definition) is 1. The number of pyridine rings is 1. The standard InChI is InChI=1S/C16H18N2OS/c17-16(20)15-6-2-1-5-14(15)12-19-11-3-4-13-7-9-18-10-8-13/h1-2,5-10H,3-4,11-12H2,(H2,17,20). The van der Waals surface area contributed by atoms with Gasteiger partial charge in [0.1, 0.15) is 4.99 Å². The summed E-state index contributed by atoms with van der Waals surface area (Å²) in [5.41, 5.74) is 8.92. The summed E-state index contributed by atoms with van der Waals surface area (Å²) in [5.74, 6) is 0. The number of aromatic nitrogens is 1. The van der Waals surface area contributed by atoms with Crippen molar-refractivity contribution < 1.29 is 4.74 Å². The normalized spacial score (nSPS) is 10.4. The SMILES string of the molecule is NC(=S)c1ccccc1COCCCc1ccncc1. The average molecular weight is 286 g/mol. The third kappa shape index (κ3) is 4.40. The van der Waals surface area contributed by atoms with E-state index in [1.54, 1.807) is 0 Å². The van der Waals surface area contributed by atoms with E-state index < -0.39 is 0 Å². The van der Waals surface area contributed by atoms with Crippen molar-refractivity contribution in [2.45, 2.75) is 19.4 Å². The van der Waals surface area contributed by atoms with Gasteiger partial charge in [-0.1, -0.05) is 36.5 Å². The first-order valence-electron chi connectivity index (χ1n) is 6.62. The molecule has 0 fully saturated rings. The maximum absolute atomic E-state index is 5.70. The molecular weight excluding hydrogens is 268 g/mol. The van der Waals surface area contributed by atoms with E-state index in [0.717, 1.165) is 24.0 Å². The van der Waals surface area contributed by atoms with E-state index >= 15 is 0 Å². The predicted molar refractivity (Wildman–Crippen MR) is 84.5 cm³/mol. The van der Waals surface area contributed by atoms with E-state index in [0.29, 0.717) is 18.2 Å². The number of thiocarbonyl (C=S) groups is 1. The molecule has 1 heterocycles. The lowest BCUT2D eigenvalue weighted by Gasteiger charge is -2.09. The predicted octanol–water partition coefficient (Wildman–Crippen LogP) is 2.87. The first-order chi connectivity index (χ1) is 9.77. The summed E-state index contributed by atoms with van der Waals surface area (Å²) in [7, 11) is 0. The van der Waals surface area contributed by atoms with E-state index in [-0.39, 0.29) is 0 Å². The highest BCUT2D eigenvalue weighted by molar-refractivity contribution is 7.80. The average Bonchev–Trinajstić information content (AvgIpc) is 2.48. The van der Waals surface area contributed by atoms with Crippen molar-refractivity contribution in [3.63, 3.8) is 0 Å². The van der Waals surface area contributed by atoms with Crippen LogP contribution in [0.2, 0.25) is 0 Å². The van der Waals surface area contributed by atoms with Gasteiger partial charge in [-0.25, -0.2) is 0 Å². The number of rotatable bonds is 7.